The van der Waals surface area contributed by atoms with Crippen LogP contribution in [0.15, 0.2) is 83.0 Å². The molecule has 0 N–H and O–H groups in total. The number of benzene rings is 3. The number of ether oxygens (including phenoxy) is 2. The number of carbonyl (C=O) groups is 1. The molecule has 4 aromatic rings. The lowest BCUT2D eigenvalue weighted by Crippen LogP contribution is -2.26. The van der Waals surface area contributed by atoms with E-state index in [1.54, 1.807) is 7.11 Å². The van der Waals surface area contributed by atoms with Gasteiger partial charge in [-0.2, -0.15) is 4.99 Å². The molecule has 1 unspecified atom stereocenters. The van der Waals surface area contributed by atoms with Crippen molar-refractivity contribution in [2.75, 3.05) is 24.3 Å². The van der Waals surface area contributed by atoms with Gasteiger partial charge in [0.15, 0.2) is 11.0 Å². The number of aromatic nitrogens is 3. The summed E-state index contributed by atoms with van der Waals surface area (Å²) >= 11 is 1.53. The van der Waals surface area contributed by atoms with E-state index in [0.29, 0.717) is 22.4 Å². The molecule has 1 aliphatic heterocycles. The predicted molar refractivity (Wildman–Crippen MR) is 175 cm³/mol. The molecule has 0 radical (unpaired) electrons. The average molecular weight is 651 g/mol. The van der Waals surface area contributed by atoms with Gasteiger partial charge in [0.25, 0.3) is 0 Å². The van der Waals surface area contributed by atoms with Gasteiger partial charge in [0.2, 0.25) is 0 Å². The second kappa shape index (κ2) is 13.8. The Balaban J connectivity index is 1.27. The fraction of sp³-hybridized carbons (Fsp3) is 0.303. The number of amidine groups is 1. The van der Waals surface area contributed by atoms with E-state index >= 15 is 0 Å². The molecule has 2 heterocycles. The maximum Gasteiger partial charge on any atom is 0.573 e. The lowest BCUT2D eigenvalue weighted by atomic mass is 9.96. The Hall–Kier alpha value is -4.65. The molecule has 1 fully saturated rings. The van der Waals surface area contributed by atoms with Crippen LogP contribution in [-0.4, -0.2) is 57.4 Å². The van der Waals surface area contributed by atoms with Crippen molar-refractivity contribution in [2.24, 2.45) is 9.98 Å². The molecule has 1 aliphatic rings. The number of amides is 2. The first-order valence-corrected chi connectivity index (χ1v) is 15.5. The summed E-state index contributed by atoms with van der Waals surface area (Å²) < 4.78 is 48.2. The molecule has 1 saturated heterocycles. The minimum atomic E-state index is -4.76. The highest BCUT2D eigenvalue weighted by molar-refractivity contribution is 8.14. The van der Waals surface area contributed by atoms with Crippen molar-refractivity contribution in [3.63, 3.8) is 0 Å². The number of aliphatic imine (C=N–C) groups is 2. The summed E-state index contributed by atoms with van der Waals surface area (Å²) in [4.78, 5) is 28.1. The van der Waals surface area contributed by atoms with E-state index < -0.39 is 12.4 Å². The standard InChI is InChI=1S/C33H33F3N6O3S/c1-20(2)28-15-14-27(44-5)18-29(28)41-16-17-46-32(41)39-31(43)38-22(4)21(3)23-6-8-24(9-7-23)30-37-19-42(40-30)25-10-12-26(13-11-25)45-33(34,35)36/h6-15,18-21H,16-17H2,1-5H3. The monoisotopic (exact) mass is 650 g/mol. The van der Waals surface area contributed by atoms with Gasteiger partial charge in [0.05, 0.1) is 12.8 Å². The molecule has 3 aromatic carbocycles. The molecule has 1 atom stereocenters. The summed E-state index contributed by atoms with van der Waals surface area (Å²) in [5.41, 5.74) is 4.98. The average Bonchev–Trinajstić information content (AvgIpc) is 3.70. The molecule has 0 bridgehead atoms. The Labute approximate surface area is 269 Å². The Morgan fingerprint density at radius 3 is 2.35 bits per heavy atom. The van der Waals surface area contributed by atoms with Gasteiger partial charge in [-0.3, -0.25) is 0 Å². The van der Waals surface area contributed by atoms with Crippen molar-refractivity contribution in [3.8, 4) is 28.6 Å². The smallest absolute Gasteiger partial charge is 0.497 e. The zero-order chi connectivity index (χ0) is 33.0. The van der Waals surface area contributed by atoms with Crippen LogP contribution in [0.4, 0.5) is 23.7 Å². The van der Waals surface area contributed by atoms with Crippen LogP contribution in [-0.2, 0) is 0 Å². The van der Waals surface area contributed by atoms with Crippen LogP contribution in [0, 0.1) is 0 Å². The van der Waals surface area contributed by atoms with Gasteiger partial charge in [-0.15, -0.1) is 18.3 Å². The number of thioether (sulfide) groups is 1. The van der Waals surface area contributed by atoms with E-state index in [2.05, 4.69) is 49.6 Å². The van der Waals surface area contributed by atoms with Crippen LogP contribution in [0.1, 0.15) is 50.7 Å². The van der Waals surface area contributed by atoms with Gasteiger partial charge in [0.1, 0.15) is 17.8 Å². The first-order valence-electron chi connectivity index (χ1n) is 14.6. The number of urea groups is 1. The summed E-state index contributed by atoms with van der Waals surface area (Å²) in [6.45, 7) is 8.76. The molecule has 13 heteroatoms. The summed E-state index contributed by atoms with van der Waals surface area (Å²) in [5.74, 6) is 1.81. The van der Waals surface area contributed by atoms with Crippen molar-refractivity contribution in [2.45, 2.75) is 45.9 Å². The van der Waals surface area contributed by atoms with Crippen LogP contribution in [0.25, 0.3) is 17.1 Å². The second-order valence-electron chi connectivity index (χ2n) is 10.9. The van der Waals surface area contributed by atoms with E-state index in [-0.39, 0.29) is 17.6 Å². The summed E-state index contributed by atoms with van der Waals surface area (Å²) in [6.07, 6.45) is -3.27. The first kappa shape index (κ1) is 32.7. The Morgan fingerprint density at radius 1 is 1.00 bits per heavy atom. The van der Waals surface area contributed by atoms with Crippen molar-refractivity contribution in [1.82, 2.24) is 14.8 Å². The molecular weight excluding hydrogens is 617 g/mol. The summed E-state index contributed by atoms with van der Waals surface area (Å²) in [5, 5.41) is 5.07. The number of alkyl halides is 3. The number of nitrogens with zero attached hydrogens (tertiary/aromatic N) is 6. The number of methoxy groups -OCH3 is 1. The van der Waals surface area contributed by atoms with E-state index in [4.69, 9.17) is 4.74 Å². The van der Waals surface area contributed by atoms with E-state index in [1.807, 2.05) is 50.2 Å². The molecule has 9 nitrogen and oxygen atoms in total. The summed E-state index contributed by atoms with van der Waals surface area (Å²) in [6, 6.07) is 18.4. The topological polar surface area (TPSA) is 94.2 Å². The normalized spacial score (nSPS) is 15.5. The first-order chi connectivity index (χ1) is 21.9. The Morgan fingerprint density at radius 2 is 1.70 bits per heavy atom. The minimum Gasteiger partial charge on any atom is -0.497 e. The zero-order valence-electron chi connectivity index (χ0n) is 25.9. The van der Waals surface area contributed by atoms with Crippen molar-refractivity contribution >= 4 is 34.4 Å². The second-order valence-corrected chi connectivity index (χ2v) is 12.0. The molecule has 0 saturated carbocycles. The number of rotatable bonds is 8. The van der Waals surface area contributed by atoms with Gasteiger partial charge >= 0.3 is 12.4 Å². The van der Waals surface area contributed by atoms with Gasteiger partial charge in [-0.25, -0.2) is 19.5 Å². The van der Waals surface area contributed by atoms with Gasteiger partial charge in [0, 0.05) is 41.2 Å². The molecule has 46 heavy (non-hydrogen) atoms. The summed E-state index contributed by atoms with van der Waals surface area (Å²) in [7, 11) is 1.63. The van der Waals surface area contributed by atoms with Crippen LogP contribution in [0.3, 0.4) is 0 Å². The molecule has 2 amide bonds. The van der Waals surface area contributed by atoms with Gasteiger partial charge in [-0.05, 0) is 54.3 Å². The van der Waals surface area contributed by atoms with Crippen LogP contribution < -0.4 is 14.4 Å². The highest BCUT2D eigenvalue weighted by Crippen LogP contribution is 2.35. The number of halogens is 3. The van der Waals surface area contributed by atoms with Gasteiger partial charge in [-0.1, -0.05) is 62.9 Å². The third-order valence-electron chi connectivity index (χ3n) is 7.51. The molecule has 0 spiro atoms. The van der Waals surface area contributed by atoms with Crippen molar-refractivity contribution in [1.29, 1.82) is 0 Å². The van der Waals surface area contributed by atoms with Crippen molar-refractivity contribution < 1.29 is 27.4 Å². The molecule has 1 aromatic heterocycles. The highest BCUT2D eigenvalue weighted by atomic mass is 32.2. The molecule has 0 aliphatic carbocycles. The lowest BCUT2D eigenvalue weighted by molar-refractivity contribution is -0.274. The molecular formula is C33H33F3N6O3S. The Kier molecular flexibility index (Phi) is 9.80. The van der Waals surface area contributed by atoms with E-state index in [0.717, 1.165) is 40.4 Å². The van der Waals surface area contributed by atoms with Crippen LogP contribution >= 0.6 is 11.8 Å². The van der Waals surface area contributed by atoms with E-state index in [1.165, 1.54) is 47.0 Å². The number of anilines is 1. The predicted octanol–water partition coefficient (Wildman–Crippen LogP) is 8.26. The lowest BCUT2D eigenvalue weighted by Gasteiger charge is -2.23. The van der Waals surface area contributed by atoms with Gasteiger partial charge < -0.3 is 14.4 Å². The fourth-order valence-corrected chi connectivity index (χ4v) is 5.87. The molecule has 5 rings (SSSR count). The highest BCUT2D eigenvalue weighted by Gasteiger charge is 2.31. The third-order valence-corrected chi connectivity index (χ3v) is 8.47. The SMILES string of the molecule is COc1ccc(C(C)C)c(N2CCSC2=NC(=O)N=C(C)C(C)c2ccc(-c3ncn(-c4ccc(OC(F)(F)F)cc4)n3)cc2)c1. The largest absolute Gasteiger partial charge is 0.573 e. The minimum absolute atomic E-state index is 0.153. The van der Waals surface area contributed by atoms with Crippen LogP contribution in [0.2, 0.25) is 0 Å². The fourth-order valence-electron chi connectivity index (χ4n) is 4.93. The third kappa shape index (κ3) is 7.76. The number of hydrogen-bond acceptors (Lipinski definition) is 6. The molecule has 240 valence electrons. The maximum absolute atomic E-state index is 13.0. The number of hydrogen-bond donors (Lipinski definition) is 0. The zero-order valence-corrected chi connectivity index (χ0v) is 26.8. The quantitative estimate of drug-likeness (QED) is 0.177. The maximum atomic E-state index is 13.0. The van der Waals surface area contributed by atoms with Crippen molar-refractivity contribution in [3.05, 3.63) is 84.2 Å². The van der Waals surface area contributed by atoms with E-state index in [9.17, 15) is 18.0 Å². The Bertz CT molecular complexity index is 1750. The van der Waals surface area contributed by atoms with Crippen LogP contribution in [0.5, 0.6) is 11.5 Å². The number of carbonyl (C=O) groups excluding carboxylic acids is 1.